The minimum atomic E-state index is -4.69. The van der Waals surface area contributed by atoms with Gasteiger partial charge in [-0.15, -0.1) is 5.10 Å². The van der Waals surface area contributed by atoms with Gasteiger partial charge in [-0.3, -0.25) is 9.78 Å². The molecule has 27 heavy (non-hydrogen) atoms. The molecule has 4 N–H and O–H groups in total. The van der Waals surface area contributed by atoms with Crippen molar-refractivity contribution in [2.24, 2.45) is 0 Å². The number of nitrogens with two attached hydrogens (primary N) is 1. The van der Waals surface area contributed by atoms with Crippen LogP contribution in [-0.4, -0.2) is 43.8 Å². The van der Waals surface area contributed by atoms with E-state index in [0.29, 0.717) is 0 Å². The summed E-state index contributed by atoms with van der Waals surface area (Å²) >= 11 is 0. The van der Waals surface area contributed by atoms with E-state index in [1.165, 1.54) is 18.5 Å². The third-order valence-corrected chi connectivity index (χ3v) is 3.41. The third kappa shape index (κ3) is 3.74. The van der Waals surface area contributed by atoms with Gasteiger partial charge in [0.15, 0.2) is 11.5 Å². The topological polar surface area (TPSA) is 128 Å². The average Bonchev–Trinajstić information content (AvgIpc) is 2.95. The maximum atomic E-state index is 12.9. The van der Waals surface area contributed by atoms with Gasteiger partial charge in [0.25, 0.3) is 5.91 Å². The number of amides is 1. The Morgan fingerprint density at radius 3 is 2.85 bits per heavy atom. The molecule has 3 aromatic rings. The van der Waals surface area contributed by atoms with Gasteiger partial charge in [-0.1, -0.05) is 0 Å². The van der Waals surface area contributed by atoms with Crippen molar-refractivity contribution < 1.29 is 27.8 Å². The van der Waals surface area contributed by atoms with E-state index in [4.69, 9.17) is 15.6 Å². The lowest BCUT2D eigenvalue weighted by Gasteiger charge is -2.11. The minimum Gasteiger partial charge on any atom is -0.489 e. The van der Waals surface area contributed by atoms with Gasteiger partial charge in [-0.2, -0.15) is 13.2 Å². The molecule has 3 rings (SSSR count). The van der Waals surface area contributed by atoms with Crippen LogP contribution in [0.4, 0.5) is 24.7 Å². The first-order chi connectivity index (χ1) is 12.8. The first kappa shape index (κ1) is 18.4. The first-order valence-electron chi connectivity index (χ1n) is 7.52. The molecule has 3 aromatic heterocycles. The Labute approximate surface area is 149 Å². The van der Waals surface area contributed by atoms with Crippen molar-refractivity contribution in [2.75, 3.05) is 24.3 Å². The summed E-state index contributed by atoms with van der Waals surface area (Å²) in [6.45, 7) is -0.275. The Morgan fingerprint density at radius 1 is 1.37 bits per heavy atom. The lowest BCUT2D eigenvalue weighted by atomic mass is 10.2. The van der Waals surface area contributed by atoms with Gasteiger partial charge in [0, 0.05) is 18.5 Å². The van der Waals surface area contributed by atoms with Gasteiger partial charge in [-0.25, -0.2) is 9.50 Å². The SMILES string of the molecule is Nc1nn2ccc(C(F)(F)F)nc2c1C(=O)Nc1cnccc1OCCO. The molecule has 0 saturated heterocycles. The van der Waals surface area contributed by atoms with Crippen LogP contribution in [-0.2, 0) is 6.18 Å². The van der Waals surface area contributed by atoms with Gasteiger partial charge in [0.1, 0.15) is 29.3 Å². The lowest BCUT2D eigenvalue weighted by molar-refractivity contribution is -0.141. The van der Waals surface area contributed by atoms with Crippen molar-refractivity contribution in [1.82, 2.24) is 19.6 Å². The summed E-state index contributed by atoms with van der Waals surface area (Å²) in [5.41, 5.74) is 3.98. The van der Waals surface area contributed by atoms with E-state index in [9.17, 15) is 18.0 Å². The number of hydrogen-bond acceptors (Lipinski definition) is 7. The molecule has 0 aromatic carbocycles. The predicted octanol–water partition coefficient (Wildman–Crippen LogP) is 1.35. The second kappa shape index (κ2) is 7.07. The van der Waals surface area contributed by atoms with Crippen molar-refractivity contribution >= 4 is 23.1 Å². The molecular formula is C15H13F3N6O3. The van der Waals surface area contributed by atoms with Crippen LogP contribution < -0.4 is 15.8 Å². The molecule has 0 unspecified atom stereocenters. The molecule has 0 aliphatic heterocycles. The Kier molecular flexibility index (Phi) is 4.81. The van der Waals surface area contributed by atoms with Crippen LogP contribution in [0.15, 0.2) is 30.7 Å². The maximum absolute atomic E-state index is 12.9. The average molecular weight is 382 g/mol. The number of halogens is 3. The Morgan fingerprint density at radius 2 is 2.15 bits per heavy atom. The fourth-order valence-electron chi connectivity index (χ4n) is 2.26. The summed E-state index contributed by atoms with van der Waals surface area (Å²) in [6.07, 6.45) is -0.994. The highest BCUT2D eigenvalue weighted by atomic mass is 19.4. The Bertz CT molecular complexity index is 989. The quantitative estimate of drug-likeness (QED) is 0.608. The van der Waals surface area contributed by atoms with Crippen molar-refractivity contribution in [3.05, 3.63) is 42.0 Å². The molecular weight excluding hydrogens is 369 g/mol. The summed E-state index contributed by atoms with van der Waals surface area (Å²) in [4.78, 5) is 19.9. The lowest BCUT2D eigenvalue weighted by Crippen LogP contribution is -2.16. The first-order valence-corrected chi connectivity index (χ1v) is 7.52. The van der Waals surface area contributed by atoms with Gasteiger partial charge >= 0.3 is 6.18 Å². The van der Waals surface area contributed by atoms with Crippen LogP contribution in [0.2, 0.25) is 0 Å². The number of anilines is 2. The van der Waals surface area contributed by atoms with E-state index in [0.717, 1.165) is 16.8 Å². The van der Waals surface area contributed by atoms with Crippen LogP contribution in [0.25, 0.3) is 5.65 Å². The molecule has 0 aliphatic carbocycles. The predicted molar refractivity (Wildman–Crippen MR) is 87.2 cm³/mol. The third-order valence-electron chi connectivity index (χ3n) is 3.41. The number of aliphatic hydroxyl groups is 1. The standard InChI is InChI=1S/C15H13F3N6O3/c16-15(17,18)10-2-4-24-13(22-10)11(12(19)23-24)14(26)21-8-7-20-3-1-9(8)27-6-5-25/h1-4,7,25H,5-6H2,(H2,19,23)(H,21,26). The number of rotatable bonds is 5. The van der Waals surface area contributed by atoms with Crippen LogP contribution in [0, 0.1) is 0 Å². The number of nitrogens with zero attached hydrogens (tertiary/aromatic N) is 4. The number of carbonyl (C=O) groups is 1. The second-order valence-corrected chi connectivity index (χ2v) is 5.24. The summed E-state index contributed by atoms with van der Waals surface area (Å²) < 4.78 is 45.0. The molecule has 0 spiro atoms. The van der Waals surface area contributed by atoms with Gasteiger partial charge in [0.05, 0.1) is 12.8 Å². The van der Waals surface area contributed by atoms with Crippen molar-refractivity contribution in [3.8, 4) is 5.75 Å². The monoisotopic (exact) mass is 382 g/mol. The summed E-state index contributed by atoms with van der Waals surface area (Å²) in [5, 5.41) is 15.1. The highest BCUT2D eigenvalue weighted by molar-refractivity contribution is 6.12. The van der Waals surface area contributed by atoms with E-state index in [1.54, 1.807) is 0 Å². The molecule has 0 fully saturated rings. The van der Waals surface area contributed by atoms with Crippen LogP contribution in [0.5, 0.6) is 5.75 Å². The molecule has 0 atom stereocenters. The van der Waals surface area contributed by atoms with E-state index < -0.39 is 17.8 Å². The number of ether oxygens (including phenoxy) is 1. The number of aromatic nitrogens is 4. The Hall–Kier alpha value is -3.41. The van der Waals surface area contributed by atoms with Crippen molar-refractivity contribution in [3.63, 3.8) is 0 Å². The zero-order valence-electron chi connectivity index (χ0n) is 13.6. The minimum absolute atomic E-state index is 0.0256. The number of hydrogen-bond donors (Lipinski definition) is 3. The molecule has 0 bridgehead atoms. The number of pyridine rings is 1. The van der Waals surface area contributed by atoms with E-state index >= 15 is 0 Å². The molecule has 0 radical (unpaired) electrons. The van der Waals surface area contributed by atoms with Crippen LogP contribution >= 0.6 is 0 Å². The van der Waals surface area contributed by atoms with Crippen LogP contribution in [0.1, 0.15) is 16.1 Å². The van der Waals surface area contributed by atoms with Gasteiger partial charge < -0.3 is 20.9 Å². The molecule has 9 nitrogen and oxygen atoms in total. The maximum Gasteiger partial charge on any atom is 0.433 e. The Balaban J connectivity index is 1.98. The van der Waals surface area contributed by atoms with Crippen LogP contribution in [0.3, 0.4) is 0 Å². The smallest absolute Gasteiger partial charge is 0.433 e. The zero-order chi connectivity index (χ0) is 19.6. The molecule has 0 saturated carbocycles. The number of fused-ring (bicyclic) bond motifs is 1. The highest BCUT2D eigenvalue weighted by Crippen LogP contribution is 2.29. The molecule has 0 aliphatic rings. The van der Waals surface area contributed by atoms with E-state index in [1.807, 2.05) is 0 Å². The van der Waals surface area contributed by atoms with Gasteiger partial charge in [0.2, 0.25) is 0 Å². The number of alkyl halides is 3. The fourth-order valence-corrected chi connectivity index (χ4v) is 2.26. The highest BCUT2D eigenvalue weighted by Gasteiger charge is 2.33. The second-order valence-electron chi connectivity index (χ2n) is 5.24. The zero-order valence-corrected chi connectivity index (χ0v) is 13.6. The number of carbonyl (C=O) groups excluding carboxylic acids is 1. The van der Waals surface area contributed by atoms with Gasteiger partial charge in [-0.05, 0) is 6.07 Å². The largest absolute Gasteiger partial charge is 0.489 e. The normalized spacial score (nSPS) is 11.6. The number of nitrogens with one attached hydrogen (secondary N) is 1. The van der Waals surface area contributed by atoms with Crippen molar-refractivity contribution in [1.29, 1.82) is 0 Å². The summed E-state index contributed by atoms with van der Waals surface area (Å²) in [7, 11) is 0. The van der Waals surface area contributed by atoms with Crippen molar-refractivity contribution in [2.45, 2.75) is 6.18 Å². The molecule has 1 amide bonds. The number of nitrogen functional groups attached to an aromatic ring is 1. The van der Waals surface area contributed by atoms with E-state index in [-0.39, 0.29) is 41.7 Å². The van der Waals surface area contributed by atoms with E-state index in [2.05, 4.69) is 20.4 Å². The summed E-state index contributed by atoms with van der Waals surface area (Å²) in [6, 6.07) is 2.17. The molecule has 12 heteroatoms. The number of aliphatic hydroxyl groups excluding tert-OH is 1. The molecule has 3 heterocycles. The molecule has 142 valence electrons. The fraction of sp³-hybridized carbons (Fsp3) is 0.200. The summed E-state index contributed by atoms with van der Waals surface area (Å²) in [5.74, 6) is -0.913.